The highest BCUT2D eigenvalue weighted by atomic mass is 32.1. The van der Waals surface area contributed by atoms with Crippen LogP contribution in [0.3, 0.4) is 0 Å². The molecule has 8 heterocycles. The molecule has 0 bridgehead atoms. The van der Waals surface area contributed by atoms with Gasteiger partial charge in [0.2, 0.25) is 5.91 Å². The molecule has 0 atom stereocenters. The van der Waals surface area contributed by atoms with Gasteiger partial charge in [0, 0.05) is 103 Å². The second kappa shape index (κ2) is 17.2. The average molecular weight is 861 g/mol. The van der Waals surface area contributed by atoms with Gasteiger partial charge in [-0.3, -0.25) is 19.6 Å². The number of fused-ring (bicyclic) bond motifs is 4. The van der Waals surface area contributed by atoms with Crippen LogP contribution in [0.1, 0.15) is 16.8 Å². The van der Waals surface area contributed by atoms with E-state index in [1.165, 1.54) is 5.39 Å². The molecule has 0 fully saturated rings. The summed E-state index contributed by atoms with van der Waals surface area (Å²) in [5.41, 5.74) is 13.3. The van der Waals surface area contributed by atoms with Gasteiger partial charge in [-0.15, -0.1) is 22.7 Å². The lowest BCUT2D eigenvalue weighted by molar-refractivity contribution is -0.115. The van der Waals surface area contributed by atoms with Crippen molar-refractivity contribution < 1.29 is 14.3 Å². The molecule has 63 heavy (non-hydrogen) atoms. The van der Waals surface area contributed by atoms with Crippen molar-refractivity contribution in [3.8, 4) is 49.5 Å². The van der Waals surface area contributed by atoms with E-state index in [1.807, 2.05) is 126 Å². The maximum absolute atomic E-state index is 12.7. The number of ether oxygens (including phenoxy) is 1. The Morgan fingerprint density at radius 3 is 1.81 bits per heavy atom. The van der Waals surface area contributed by atoms with Crippen LogP contribution in [0.2, 0.25) is 0 Å². The van der Waals surface area contributed by atoms with E-state index < -0.39 is 0 Å². The van der Waals surface area contributed by atoms with Crippen LogP contribution in [0.4, 0.5) is 11.4 Å². The van der Waals surface area contributed by atoms with Gasteiger partial charge in [-0.05, 0) is 83.8 Å². The molecule has 10 aromatic rings. The van der Waals surface area contributed by atoms with Gasteiger partial charge in [0.15, 0.2) is 5.88 Å². The summed E-state index contributed by atoms with van der Waals surface area (Å²) in [6.45, 7) is 0. The minimum atomic E-state index is -0.0958. The summed E-state index contributed by atoms with van der Waals surface area (Å²) in [4.78, 5) is 48.1. The van der Waals surface area contributed by atoms with E-state index in [9.17, 15) is 9.59 Å². The predicted octanol–water partition coefficient (Wildman–Crippen LogP) is 11.4. The van der Waals surface area contributed by atoms with Gasteiger partial charge in [-0.1, -0.05) is 48.5 Å². The Morgan fingerprint density at radius 2 is 1.19 bits per heavy atom. The Kier molecular flexibility index (Phi) is 10.7. The number of anilines is 2. The largest absolute Gasteiger partial charge is 0.482 e. The van der Waals surface area contributed by atoms with Gasteiger partial charge in [0.1, 0.15) is 10.0 Å². The maximum atomic E-state index is 12.7. The Bertz CT molecular complexity index is 3250. The molecule has 0 radical (unpaired) electrons. The third kappa shape index (κ3) is 8.38. The minimum absolute atomic E-state index is 0.0536. The number of amides is 2. The van der Waals surface area contributed by atoms with E-state index >= 15 is 0 Å². The number of pyridine rings is 2. The third-order valence-electron chi connectivity index (χ3n) is 10.6. The maximum Gasteiger partial charge on any atom is 0.256 e. The zero-order valence-corrected chi connectivity index (χ0v) is 35.3. The number of para-hydroxylation sites is 2. The lowest BCUT2D eigenvalue weighted by atomic mass is 10.0. The lowest BCUT2D eigenvalue weighted by Crippen LogP contribution is -2.03. The van der Waals surface area contributed by atoms with Crippen LogP contribution in [-0.4, -0.2) is 48.8 Å². The van der Waals surface area contributed by atoms with Crippen molar-refractivity contribution >= 4 is 79.3 Å². The Hall–Kier alpha value is -8.00. The quantitative estimate of drug-likeness (QED) is 0.122. The number of hydrogen-bond acceptors (Lipinski definition) is 9. The zero-order chi connectivity index (χ0) is 42.7. The van der Waals surface area contributed by atoms with Gasteiger partial charge < -0.3 is 25.3 Å². The molecule has 4 aromatic carbocycles. The molecule has 6 aromatic heterocycles. The van der Waals surface area contributed by atoms with E-state index in [0.717, 1.165) is 94.2 Å². The highest BCUT2D eigenvalue weighted by Crippen LogP contribution is 2.38. The predicted molar refractivity (Wildman–Crippen MR) is 254 cm³/mol. The molecule has 2 aliphatic heterocycles. The van der Waals surface area contributed by atoms with Crippen LogP contribution in [0.5, 0.6) is 5.88 Å². The van der Waals surface area contributed by atoms with E-state index in [4.69, 9.17) is 9.72 Å². The molecule has 2 amide bonds. The van der Waals surface area contributed by atoms with Crippen molar-refractivity contribution in [2.24, 2.45) is 0 Å². The van der Waals surface area contributed by atoms with Gasteiger partial charge in [0.05, 0.1) is 30.5 Å². The molecule has 0 spiro atoms. The molecule has 0 unspecified atom stereocenters. The van der Waals surface area contributed by atoms with Crippen LogP contribution in [-0.2, 0) is 16.0 Å². The second-order valence-electron chi connectivity index (χ2n) is 14.7. The van der Waals surface area contributed by atoms with E-state index in [0.29, 0.717) is 12.0 Å². The number of nitrogens with zero attached hydrogens (tertiary/aromatic N) is 4. The number of hydrogen-bond donors (Lipinski definition) is 4. The minimum Gasteiger partial charge on any atom is -0.482 e. The van der Waals surface area contributed by atoms with Crippen LogP contribution in [0, 0.1) is 0 Å². The first-order chi connectivity index (χ1) is 30.9. The number of benzene rings is 4. The molecule has 12 rings (SSSR count). The Morgan fingerprint density at radius 1 is 0.603 bits per heavy atom. The summed E-state index contributed by atoms with van der Waals surface area (Å²) < 4.78 is 5.04. The van der Waals surface area contributed by atoms with Crippen molar-refractivity contribution in [3.05, 3.63) is 174 Å². The molecule has 2 aliphatic rings. The number of rotatable bonds is 6. The number of aromatic amines is 2. The fraction of sp³-hybridized carbons (Fsp3) is 0.0400. The van der Waals surface area contributed by atoms with Crippen molar-refractivity contribution in [3.63, 3.8) is 0 Å². The molecule has 0 saturated heterocycles. The number of thiazole rings is 2. The molecular weight excluding hydrogens is 825 g/mol. The smallest absolute Gasteiger partial charge is 0.256 e. The highest BCUT2D eigenvalue weighted by molar-refractivity contribution is 7.13. The summed E-state index contributed by atoms with van der Waals surface area (Å²) in [6, 6.07) is 40.0. The van der Waals surface area contributed by atoms with Gasteiger partial charge in [-0.25, -0.2) is 9.97 Å². The third-order valence-corrected chi connectivity index (χ3v) is 12.3. The van der Waals surface area contributed by atoms with Gasteiger partial charge in [-0.2, -0.15) is 0 Å². The number of H-pyrrole nitrogens is 2. The van der Waals surface area contributed by atoms with Crippen LogP contribution < -0.4 is 15.4 Å². The molecule has 0 aliphatic carbocycles. The van der Waals surface area contributed by atoms with Gasteiger partial charge >= 0.3 is 0 Å². The summed E-state index contributed by atoms with van der Waals surface area (Å²) in [6.07, 6.45) is 9.43. The molecule has 306 valence electrons. The fourth-order valence-electron chi connectivity index (χ4n) is 7.43. The van der Waals surface area contributed by atoms with E-state index in [2.05, 4.69) is 47.7 Å². The standard InChI is InChI=1S/C25H16N4OS.C16H11N3OS.C9H9NO/c30-24-20(13-18-11-16-3-1-2-4-21(16)27-18)19-12-17(5-6-22(19)28-24)23-14-31-25(29-23)15-7-9-26-10-8-15;20-15-8-12-7-11(1-2-13(12)18-15)14-9-21-16(19-14)10-3-5-17-6-4-10;1-11-9-6-7-4-2-3-5-8(7)10-9/h1-14,27H,(H,28,30);1-7,9H,8H2,(H,18,20);2-6,10H,1H3/b20-13-;;. The lowest BCUT2D eigenvalue weighted by Gasteiger charge is -2.02. The van der Waals surface area contributed by atoms with Crippen molar-refractivity contribution in [2.75, 3.05) is 17.7 Å². The zero-order valence-electron chi connectivity index (χ0n) is 33.6. The number of carbonyl (C=O) groups is 2. The molecule has 13 heteroatoms. The van der Waals surface area contributed by atoms with Crippen LogP contribution in [0.15, 0.2) is 157 Å². The first-order valence-corrected chi connectivity index (χ1v) is 21.7. The fourth-order valence-corrected chi connectivity index (χ4v) is 9.10. The SMILES string of the molecule is COc1cc2ccccc2[nH]1.O=C1Cc2cc(-c3csc(-c4ccncc4)n3)ccc2N1.O=C1Nc2ccc(-c3csc(-c4ccncc4)n3)cc2/C1=C/c1cc2ccccc2[nH]1. The summed E-state index contributed by atoms with van der Waals surface area (Å²) >= 11 is 3.21. The second-order valence-corrected chi connectivity index (χ2v) is 16.4. The normalized spacial score (nSPS) is 13.1. The van der Waals surface area contributed by atoms with Gasteiger partial charge in [0.25, 0.3) is 5.91 Å². The van der Waals surface area contributed by atoms with E-state index in [1.54, 1.807) is 54.6 Å². The average Bonchev–Trinajstić information content (AvgIpc) is 4.19. The number of aromatic nitrogens is 6. The monoisotopic (exact) mass is 860 g/mol. The summed E-state index contributed by atoms with van der Waals surface area (Å²) in [5.74, 6) is 0.769. The Balaban J connectivity index is 0.000000126. The van der Waals surface area contributed by atoms with Crippen molar-refractivity contribution in [2.45, 2.75) is 6.42 Å². The first-order valence-electron chi connectivity index (χ1n) is 20.0. The molecule has 4 N–H and O–H groups in total. The topological polar surface area (TPSA) is 151 Å². The summed E-state index contributed by atoms with van der Waals surface area (Å²) in [5, 5.41) is 14.1. The summed E-state index contributed by atoms with van der Waals surface area (Å²) in [7, 11) is 1.66. The van der Waals surface area contributed by atoms with Crippen molar-refractivity contribution in [1.29, 1.82) is 0 Å². The van der Waals surface area contributed by atoms with Crippen LogP contribution in [0.25, 0.3) is 77.1 Å². The number of nitrogens with one attached hydrogen (secondary N) is 4. The highest BCUT2D eigenvalue weighted by Gasteiger charge is 2.25. The number of methoxy groups -OCH3 is 1. The van der Waals surface area contributed by atoms with Crippen LogP contribution >= 0.6 is 22.7 Å². The van der Waals surface area contributed by atoms with Crippen molar-refractivity contribution in [1.82, 2.24) is 29.9 Å². The number of carbonyl (C=O) groups excluding carboxylic acids is 2. The first kappa shape index (κ1) is 39.2. The molecular formula is C50H36N8O3S2. The Labute approximate surface area is 369 Å². The molecule has 11 nitrogen and oxygen atoms in total. The molecule has 0 saturated carbocycles. The van der Waals surface area contributed by atoms with E-state index in [-0.39, 0.29) is 11.8 Å².